The van der Waals surface area contributed by atoms with Gasteiger partial charge in [0.15, 0.2) is 0 Å². The van der Waals surface area contributed by atoms with Crippen LogP contribution < -0.4 is 70.5 Å². The Hall–Kier alpha value is -7.64. The van der Waals surface area contributed by atoms with Gasteiger partial charge in [-0.3, -0.25) is 9.59 Å². The lowest BCUT2D eigenvalue weighted by atomic mass is 9.82. The van der Waals surface area contributed by atoms with Gasteiger partial charge in [0.1, 0.15) is 81.5 Å². The molecule has 6 aromatic carbocycles. The number of aliphatic carboxylic acids is 2. The van der Waals surface area contributed by atoms with E-state index in [1.165, 1.54) is 29.2 Å². The molecule has 2 unspecified atom stereocenters. The van der Waals surface area contributed by atoms with E-state index < -0.39 is 79.0 Å². The molecule has 28 heteroatoms. The number of carboxylic acid groups (broad SMARTS) is 2. The van der Waals surface area contributed by atoms with Crippen LogP contribution in [0.25, 0.3) is 11.1 Å². The van der Waals surface area contributed by atoms with Gasteiger partial charge in [0.2, 0.25) is 30.8 Å². The van der Waals surface area contributed by atoms with Crippen molar-refractivity contribution < 1.29 is 72.1 Å². The minimum absolute atomic E-state index is 0.00375. The molecule has 2 atom stereocenters. The van der Waals surface area contributed by atoms with Gasteiger partial charge in [0, 0.05) is 129 Å². The van der Waals surface area contributed by atoms with Crippen molar-refractivity contribution in [3.8, 4) is 23.0 Å². The number of anilines is 2. The molecule has 0 fully saturated rings. The molecule has 8 N–H and O–H groups in total. The SMILES string of the molecule is NCCCCC(NS(=O)(=O)c1ccc(C2=c3cc4c5c(c3Oc3c2cc2c6c3CCCN6CCC2)CCC[N+]=5CCC4)c(S(=O)(=O)[O-])c1)C(=O)O.NCCCCC(NS(=O)(=O)c1ccc(S(=O)(=O)[O-])c(C2=c3cc4c5c(c3Oc3c2cc2c6c3CCCN6CCC2)CCC[N+]=5CCC4)c1)C(=O)O. The molecule has 0 bridgehead atoms. The molecule has 0 amide bonds. The first-order chi connectivity index (χ1) is 48.9. The summed E-state index contributed by atoms with van der Waals surface area (Å²) in [6, 6.07) is 12.2. The molecular weight excluding hydrogens is 1390 g/mol. The first-order valence-corrected chi connectivity index (χ1v) is 41.7. The van der Waals surface area contributed by atoms with Gasteiger partial charge >= 0.3 is 11.9 Å². The summed E-state index contributed by atoms with van der Waals surface area (Å²) < 4.78 is 157. The Morgan fingerprint density at radius 2 is 0.863 bits per heavy atom. The monoisotopic (exact) mass is 1470 g/mol. The van der Waals surface area contributed by atoms with E-state index >= 15 is 0 Å². The predicted molar refractivity (Wildman–Crippen MR) is 379 cm³/mol. The second kappa shape index (κ2) is 27.4. The van der Waals surface area contributed by atoms with E-state index in [2.05, 4.69) is 40.5 Å². The molecule has 0 saturated carbocycles. The highest BCUT2D eigenvalue weighted by molar-refractivity contribution is 7.90. The lowest BCUT2D eigenvalue weighted by Crippen LogP contribution is -2.45. The highest BCUT2D eigenvalue weighted by Crippen LogP contribution is 2.52. The van der Waals surface area contributed by atoms with Crippen LogP contribution in [0.1, 0.15) is 157 Å². The van der Waals surface area contributed by atoms with Crippen LogP contribution in [-0.2, 0) is 101 Å². The third-order valence-corrected chi connectivity index (χ3v) is 26.8. The van der Waals surface area contributed by atoms with Crippen LogP contribution in [-0.4, -0.2) is 142 Å². The van der Waals surface area contributed by atoms with Crippen molar-refractivity contribution >= 4 is 74.7 Å². The van der Waals surface area contributed by atoms with Crippen molar-refractivity contribution in [2.75, 3.05) is 75.2 Å². The number of nitrogens with zero attached hydrogens (tertiary/aromatic N) is 4. The summed E-state index contributed by atoms with van der Waals surface area (Å²) in [5.74, 6) is -0.122. The van der Waals surface area contributed by atoms with Gasteiger partial charge in [-0.05, 0) is 182 Å². The number of ether oxygens (including phenoxy) is 2. The van der Waals surface area contributed by atoms with Gasteiger partial charge < -0.3 is 50.1 Å². The summed E-state index contributed by atoms with van der Waals surface area (Å²) in [4.78, 5) is 26.8. The topological polar surface area (TPSA) is 364 Å². The number of aryl methyl sites for hydroxylation is 4. The van der Waals surface area contributed by atoms with Crippen molar-refractivity contribution in [2.24, 2.45) is 11.5 Å². The summed E-state index contributed by atoms with van der Waals surface area (Å²) in [5, 5.41) is 23.3. The molecule has 10 aliphatic rings. The molecule has 0 saturated heterocycles. The number of fused-ring (bicyclic) bond motifs is 8. The lowest BCUT2D eigenvalue weighted by molar-refractivity contribution is -0.140. The molecule has 6 aromatic rings. The van der Waals surface area contributed by atoms with Crippen LogP contribution in [0.4, 0.5) is 11.4 Å². The summed E-state index contributed by atoms with van der Waals surface area (Å²) in [6.45, 7) is 8.25. The summed E-state index contributed by atoms with van der Waals surface area (Å²) in [5.41, 5.74) is 24.6. The van der Waals surface area contributed by atoms with E-state index in [1.54, 1.807) is 0 Å². The van der Waals surface area contributed by atoms with E-state index in [0.717, 1.165) is 229 Å². The van der Waals surface area contributed by atoms with E-state index in [9.17, 15) is 62.6 Å². The fourth-order valence-electron chi connectivity index (χ4n) is 17.7. The van der Waals surface area contributed by atoms with Gasteiger partial charge in [-0.2, -0.15) is 9.44 Å². The lowest BCUT2D eigenvalue weighted by Gasteiger charge is -2.39. The molecule has 16 rings (SSSR count). The van der Waals surface area contributed by atoms with E-state index in [-0.39, 0.29) is 28.9 Å². The molecule has 10 aliphatic heterocycles. The Morgan fingerprint density at radius 1 is 0.461 bits per heavy atom. The number of hydrogen-bond acceptors (Lipinski definition) is 18. The normalized spacial score (nSPS) is 18.3. The number of hydrogen-bond donors (Lipinski definition) is 6. The van der Waals surface area contributed by atoms with Gasteiger partial charge in [0.25, 0.3) is 0 Å². The first kappa shape index (κ1) is 70.0. The molecular formula is C74H84N8O16S4. The first-order valence-electron chi connectivity index (χ1n) is 35.9. The quantitative estimate of drug-likeness (QED) is 0.0359. The Balaban J connectivity index is 0.000000165. The Kier molecular flexibility index (Phi) is 18.8. The standard InChI is InChI=1S/2C37H42N4O8S2/c38-14-2-1-11-30(37(42)43)39-50(44,45)24-12-13-25(31(21-24)51(46,47)48)32-28-19-22-7-3-15-40-17-5-9-26(33(22)40)35(28)49-36-27-10-6-18-41-16-4-8-23(34(27)41)20-29(32)36;38-14-2-1-11-30(37(42)43)39-50(44,45)24-12-13-31(51(46,47)48)27(21-24)32-28-19-22-7-3-15-40-17-5-9-25(33(22)40)35(28)49-36-26-10-6-18-41-16-4-8-23(34(26)41)20-29(32)36/h2*12-13,19-21,30,39H,1-11,14-18,38H2,(H-,42,43,46,47,48). The fourth-order valence-corrected chi connectivity index (χ4v) is 21.7. The average molecular weight is 1470 g/mol. The number of carbonyl (C=O) groups is 2. The van der Waals surface area contributed by atoms with Crippen LogP contribution in [0.2, 0.25) is 0 Å². The number of sulfonamides is 2. The number of benzene rings is 6. The van der Waals surface area contributed by atoms with Crippen LogP contribution in [0.3, 0.4) is 0 Å². The minimum Gasteiger partial charge on any atom is -0.744 e. The summed E-state index contributed by atoms with van der Waals surface area (Å²) in [7, 11) is -19.4. The molecule has 0 aliphatic carbocycles. The van der Waals surface area contributed by atoms with Crippen molar-refractivity contribution in [1.82, 2.24) is 18.6 Å². The summed E-state index contributed by atoms with van der Waals surface area (Å²) in [6.07, 6.45) is 15.9. The third kappa shape index (κ3) is 12.7. The van der Waals surface area contributed by atoms with Crippen LogP contribution in [0, 0.1) is 0 Å². The van der Waals surface area contributed by atoms with Gasteiger partial charge in [-0.15, -0.1) is 0 Å². The van der Waals surface area contributed by atoms with Crippen LogP contribution in [0.5, 0.6) is 23.0 Å². The number of carboxylic acids is 2. The number of nitrogens with two attached hydrogens (primary N) is 2. The van der Waals surface area contributed by atoms with Gasteiger partial charge in [-0.25, -0.2) is 42.8 Å². The maximum absolute atomic E-state index is 13.9. The second-order valence-corrected chi connectivity index (χ2v) is 34.6. The number of rotatable bonds is 20. The van der Waals surface area contributed by atoms with Crippen molar-refractivity contribution in [3.05, 3.63) is 149 Å². The Morgan fingerprint density at radius 3 is 1.30 bits per heavy atom. The zero-order valence-electron chi connectivity index (χ0n) is 56.7. The van der Waals surface area contributed by atoms with Crippen LogP contribution in [0.15, 0.2) is 80.2 Å². The zero-order valence-corrected chi connectivity index (χ0v) is 60.0. The highest BCUT2D eigenvalue weighted by Gasteiger charge is 2.41. The predicted octanol–water partition coefficient (Wildman–Crippen LogP) is 3.77. The third-order valence-electron chi connectivity index (χ3n) is 22.1. The second-order valence-electron chi connectivity index (χ2n) is 28.5. The molecule has 102 heavy (non-hydrogen) atoms. The van der Waals surface area contributed by atoms with E-state index in [0.29, 0.717) is 94.5 Å². The van der Waals surface area contributed by atoms with Crippen molar-refractivity contribution in [2.45, 2.75) is 173 Å². The largest absolute Gasteiger partial charge is 0.744 e. The maximum Gasteiger partial charge on any atom is 0.321 e. The molecule has 24 nitrogen and oxygen atoms in total. The fraction of sp³-hybridized carbons (Fsp3) is 0.459. The summed E-state index contributed by atoms with van der Waals surface area (Å²) >= 11 is 0. The zero-order chi connectivity index (χ0) is 71.3. The van der Waals surface area contributed by atoms with E-state index in [4.69, 9.17) is 20.9 Å². The molecule has 0 radical (unpaired) electrons. The van der Waals surface area contributed by atoms with Gasteiger partial charge in [-0.1, -0.05) is 18.9 Å². The maximum atomic E-state index is 13.9. The van der Waals surface area contributed by atoms with E-state index in [1.807, 2.05) is 12.1 Å². The average Bonchev–Trinajstić information content (AvgIpc) is 0.712. The molecule has 540 valence electrons. The molecule has 0 spiro atoms. The Labute approximate surface area is 593 Å². The smallest absolute Gasteiger partial charge is 0.321 e. The minimum atomic E-state index is -5.24. The van der Waals surface area contributed by atoms with Gasteiger partial charge in [0.05, 0.1) is 30.7 Å². The highest BCUT2D eigenvalue weighted by atomic mass is 32.2. The number of unbranched alkanes of at least 4 members (excludes halogenated alkanes) is 2. The Bertz CT molecular complexity index is 5330. The number of nitrogens with one attached hydrogen (secondary N) is 2. The molecule has 0 aromatic heterocycles. The van der Waals surface area contributed by atoms with Crippen LogP contribution >= 0.6 is 0 Å². The molecule has 10 heterocycles. The van der Waals surface area contributed by atoms with Crippen molar-refractivity contribution in [1.29, 1.82) is 0 Å². The van der Waals surface area contributed by atoms with Crippen molar-refractivity contribution in [3.63, 3.8) is 0 Å².